The summed E-state index contributed by atoms with van der Waals surface area (Å²) in [4.78, 5) is 84.4. The predicted octanol–water partition coefficient (Wildman–Crippen LogP) is 0.0289. The van der Waals surface area contributed by atoms with Gasteiger partial charge in [0.2, 0.25) is 0 Å². The predicted molar refractivity (Wildman–Crippen MR) is 176 cm³/mol. The Morgan fingerprint density at radius 1 is 0.396 bits per heavy atom. The third-order valence-electron chi connectivity index (χ3n) is 8.64. The van der Waals surface area contributed by atoms with E-state index in [0.29, 0.717) is 21.9 Å². The molecule has 255 valence electrons. The Kier molecular flexibility index (Phi) is 7.35. The number of rotatable bonds is 4. The quantitative estimate of drug-likeness (QED) is 0.215. The summed E-state index contributed by atoms with van der Waals surface area (Å²) in [6, 6.07) is 16.3. The van der Waals surface area contributed by atoms with Crippen molar-refractivity contribution in [3.63, 3.8) is 0 Å². The van der Waals surface area contributed by atoms with Crippen LogP contribution in [0.1, 0.15) is 47.1 Å². The molecule has 8 bridgehead atoms. The van der Waals surface area contributed by atoms with Crippen molar-refractivity contribution >= 4 is 68.0 Å². The van der Waals surface area contributed by atoms with Crippen LogP contribution in [0.2, 0.25) is 0 Å². The Hall–Kier alpha value is -7.36. The molecule has 0 unspecified atom stereocenters. The number of aromatic carboxylic acids is 4. The largest absolute Gasteiger partial charge is 3.00 e. The van der Waals surface area contributed by atoms with E-state index in [4.69, 9.17) is 0 Å². The summed E-state index contributed by atoms with van der Waals surface area (Å²) in [5.74, 6) is -5.77. The molecule has 0 N–H and O–H groups in total. The minimum Gasteiger partial charge on any atom is -0.545 e. The van der Waals surface area contributed by atoms with Crippen LogP contribution in [0.4, 0.5) is 0 Å². The summed E-state index contributed by atoms with van der Waals surface area (Å²) in [5, 5.41) is 48.6. The van der Waals surface area contributed by atoms with E-state index in [-0.39, 0.29) is 113 Å². The van der Waals surface area contributed by atoms with Gasteiger partial charge in [0, 0.05) is 44.8 Å². The van der Waals surface area contributed by atoms with Gasteiger partial charge in [-0.05, 0) is 68.1 Å². The summed E-state index contributed by atoms with van der Waals surface area (Å²) in [6.07, 6.45) is 0. The topological polar surface area (TPSA) is 266 Å². The molecule has 17 heteroatoms. The zero-order chi connectivity index (χ0) is 36.0. The van der Waals surface area contributed by atoms with Gasteiger partial charge in [-0.3, -0.25) is 0 Å². The molecule has 5 heterocycles. The number of hydrogen-bond donors (Lipinski definition) is 0. The van der Waals surface area contributed by atoms with E-state index in [1.165, 1.54) is 72.8 Å². The van der Waals surface area contributed by atoms with Gasteiger partial charge in [0.1, 0.15) is 0 Å². The third-order valence-corrected chi connectivity index (χ3v) is 8.64. The number of hydrogen-bond acceptors (Lipinski definition) is 14. The average Bonchev–Trinajstić information content (AvgIpc) is 3.85. The van der Waals surface area contributed by atoms with Gasteiger partial charge in [-0.1, -0.05) is 48.5 Å². The number of nitrogens with zero attached hydrogens (tertiary/aromatic N) is 8. The Labute approximate surface area is 310 Å². The van der Waals surface area contributed by atoms with Crippen LogP contribution in [-0.2, 0) is 17.1 Å². The van der Waals surface area contributed by atoms with Crippen LogP contribution in [0.15, 0.2) is 72.8 Å². The summed E-state index contributed by atoms with van der Waals surface area (Å²) in [5.41, 5.74) is 0.547. The molecule has 4 aromatic carbocycles. The van der Waals surface area contributed by atoms with Gasteiger partial charge in [-0.2, -0.15) is 0 Å². The van der Waals surface area contributed by atoms with Crippen LogP contribution in [0, 0.1) is 0 Å². The molecule has 2 aliphatic heterocycles. The van der Waals surface area contributed by atoms with Crippen molar-refractivity contribution in [3.05, 3.63) is 95.1 Å². The molecule has 0 spiro atoms. The maximum absolute atomic E-state index is 11.8. The Morgan fingerprint density at radius 3 is 1.06 bits per heavy atom. The first-order chi connectivity index (χ1) is 25.0. The molecule has 9 rings (SSSR count). The third kappa shape index (κ3) is 5.22. The van der Waals surface area contributed by atoms with Crippen LogP contribution in [-0.4, -0.2) is 53.8 Å². The van der Waals surface area contributed by atoms with E-state index in [1.807, 2.05) is 0 Å². The number of benzene rings is 4. The van der Waals surface area contributed by atoms with E-state index in [9.17, 15) is 39.6 Å². The standard InChI is InChI=1S/C36H18N8O8.Fe/c45-33(46)13-1-5-17-21(9-13)29-37-25(17)41-30-22-10-14(34(47)48)2-6-18(22)27(38-30)43-32-24-12-16(36(51)52)4-8-20(24)28(40-32)44-31-23-11-15(35(49)50)3-7-19(23)26(39-31)42-29;/h1-12H,(H6,37,38,39,40,41,42,43,44,45,46,47,48,49,50,51,52);/q;+3/p-2. The molecule has 0 amide bonds. The van der Waals surface area contributed by atoms with Crippen LogP contribution in [0.25, 0.3) is 89.7 Å². The minimum absolute atomic E-state index is 0. The first-order valence-corrected chi connectivity index (χ1v) is 15.2. The molecule has 1 radical (unpaired) electrons. The average molecular weight is 744 g/mol. The first kappa shape index (κ1) is 32.8. The number of aromatic nitrogens is 8. The van der Waals surface area contributed by atoms with E-state index in [1.54, 1.807) is 0 Å². The molecule has 16 nitrogen and oxygen atoms in total. The summed E-state index contributed by atoms with van der Waals surface area (Å²) < 4.78 is 0. The van der Waals surface area contributed by atoms with Crippen molar-refractivity contribution in [1.29, 1.82) is 0 Å². The zero-order valence-corrected chi connectivity index (χ0v) is 27.2. The van der Waals surface area contributed by atoms with Crippen molar-refractivity contribution in [2.24, 2.45) is 0 Å². The van der Waals surface area contributed by atoms with Gasteiger partial charge in [-0.15, -0.1) is 0 Å². The number of carbonyl (C=O) groups excluding carboxylic acids is 4. The molecule has 0 fully saturated rings. The molecule has 3 aromatic heterocycles. The molecule has 2 aliphatic rings. The molecule has 0 atom stereocenters. The van der Waals surface area contributed by atoms with Crippen LogP contribution >= 0.6 is 0 Å². The fourth-order valence-electron chi connectivity index (χ4n) is 6.17. The zero-order valence-electron chi connectivity index (χ0n) is 30.1. The summed E-state index contributed by atoms with van der Waals surface area (Å²) in [7, 11) is 0. The van der Waals surface area contributed by atoms with Gasteiger partial charge < -0.3 is 69.5 Å². The first-order valence-electron chi connectivity index (χ1n) is 15.2. The second-order valence-electron chi connectivity index (χ2n) is 11.7. The van der Waals surface area contributed by atoms with Gasteiger partial charge in [-0.25, -0.2) is 9.97 Å². The molecular weight excluding hydrogens is 728 g/mol. The number of carbonyl (C=O) groups is 4. The van der Waals surface area contributed by atoms with Crippen LogP contribution in [0.3, 0.4) is 0 Å². The fraction of sp³-hybridized carbons (Fsp3) is 0. The van der Waals surface area contributed by atoms with Crippen molar-refractivity contribution < 1.29 is 62.4 Å². The Balaban J connectivity index is 0.00000144. The van der Waals surface area contributed by atoms with Gasteiger partial charge in [0.05, 0.1) is 47.2 Å². The Morgan fingerprint density at radius 2 is 0.698 bits per heavy atom. The SMILES string of the molecule is O=C([O-])c1ccc2c(c1)-c1nc-2nc2[n-]c(nc3nc(nc4[n-]c(n1)c1ccc(C(=O)[O-])cc41)-c1ccc(C(=O)[O-])cc1-3)c1ccc(C(=O)[O-])cc21.[Fe+3].[H+].[H+].[H+].[H+]. The maximum Gasteiger partial charge on any atom is 3.00 e. The van der Waals surface area contributed by atoms with Crippen molar-refractivity contribution in [2.45, 2.75) is 0 Å². The van der Waals surface area contributed by atoms with Crippen molar-refractivity contribution in [2.75, 3.05) is 0 Å². The normalized spacial score (nSPS) is 11.5. The van der Waals surface area contributed by atoms with Crippen LogP contribution < -0.4 is 30.4 Å². The molecule has 53 heavy (non-hydrogen) atoms. The number of carboxylic acids is 4. The summed E-state index contributed by atoms with van der Waals surface area (Å²) >= 11 is 0. The smallest absolute Gasteiger partial charge is 0.545 e. The van der Waals surface area contributed by atoms with Gasteiger partial charge in [0.15, 0.2) is 0 Å². The van der Waals surface area contributed by atoms with E-state index in [2.05, 4.69) is 39.9 Å². The monoisotopic (exact) mass is 744 g/mol. The molecule has 7 aromatic rings. The van der Waals surface area contributed by atoms with Crippen molar-refractivity contribution in [3.8, 4) is 45.6 Å². The molecular formula is C36H16FeN8O8+. The van der Waals surface area contributed by atoms with Gasteiger partial charge >= 0.3 is 22.8 Å². The maximum atomic E-state index is 11.8. The molecule has 0 saturated carbocycles. The van der Waals surface area contributed by atoms with Crippen LogP contribution in [0.5, 0.6) is 0 Å². The summed E-state index contributed by atoms with van der Waals surface area (Å²) in [6.45, 7) is 0. The minimum atomic E-state index is -1.45. The van der Waals surface area contributed by atoms with E-state index in [0.717, 1.165) is 0 Å². The fourth-order valence-corrected chi connectivity index (χ4v) is 6.17. The molecule has 0 saturated heterocycles. The van der Waals surface area contributed by atoms with E-state index >= 15 is 0 Å². The molecule has 0 aliphatic carbocycles. The Bertz CT molecular complexity index is 2830. The van der Waals surface area contributed by atoms with Crippen molar-refractivity contribution in [1.82, 2.24) is 39.9 Å². The second-order valence-corrected chi connectivity index (χ2v) is 11.7. The van der Waals surface area contributed by atoms with E-state index < -0.39 is 23.9 Å². The number of carboxylic acid groups (broad SMARTS) is 4. The second kappa shape index (κ2) is 11.9. The van der Waals surface area contributed by atoms with Gasteiger partial charge in [0.25, 0.3) is 0 Å². The number of fused-ring (bicyclic) bond motifs is 20.